The predicted molar refractivity (Wildman–Crippen MR) is 51.3 cm³/mol. The first-order valence-electron chi connectivity index (χ1n) is 3.67. The summed E-state index contributed by atoms with van der Waals surface area (Å²) in [6.45, 7) is 3.94. The molecule has 0 bridgehead atoms. The number of nitrogens with two attached hydrogens (primary N) is 1. The molecule has 2 N–H and O–H groups in total. The molecule has 3 nitrogen and oxygen atoms in total. The van der Waals surface area contributed by atoms with Gasteiger partial charge >= 0.3 is 0 Å². The van der Waals surface area contributed by atoms with Crippen LogP contribution in [0.2, 0.25) is 0 Å². The average molecular weight is 179 g/mol. The fraction of sp³-hybridized carbons (Fsp3) is 0.250. The van der Waals surface area contributed by atoms with Crippen molar-refractivity contribution in [1.29, 1.82) is 0 Å². The van der Waals surface area contributed by atoms with Gasteiger partial charge in [-0.1, -0.05) is 11.3 Å². The summed E-state index contributed by atoms with van der Waals surface area (Å²) in [5.74, 6) is 0. The van der Waals surface area contributed by atoms with Crippen molar-refractivity contribution in [3.8, 4) is 0 Å². The molecule has 0 radical (unpaired) electrons. The number of pyridine rings is 1. The lowest BCUT2D eigenvalue weighted by molar-refractivity contribution is 1.15. The van der Waals surface area contributed by atoms with Crippen LogP contribution in [-0.4, -0.2) is 9.97 Å². The van der Waals surface area contributed by atoms with Crippen molar-refractivity contribution in [1.82, 2.24) is 9.97 Å². The number of hydrogen-bond acceptors (Lipinski definition) is 4. The molecular formula is C8H9N3S. The summed E-state index contributed by atoms with van der Waals surface area (Å²) in [6, 6.07) is 1.95. The van der Waals surface area contributed by atoms with E-state index in [0.717, 1.165) is 21.6 Å². The van der Waals surface area contributed by atoms with Crippen molar-refractivity contribution in [2.24, 2.45) is 0 Å². The minimum absolute atomic E-state index is 0.612. The molecular weight excluding hydrogens is 170 g/mol. The number of anilines is 1. The maximum absolute atomic E-state index is 5.59. The number of fused-ring (bicyclic) bond motifs is 1. The molecule has 0 saturated heterocycles. The first-order valence-corrected chi connectivity index (χ1v) is 4.49. The SMILES string of the molecule is Cc1cc2nc(N)sc2c(C)n1. The second kappa shape index (κ2) is 2.42. The lowest BCUT2D eigenvalue weighted by atomic mass is 10.3. The molecule has 2 heterocycles. The van der Waals surface area contributed by atoms with Crippen LogP contribution in [0.25, 0.3) is 10.2 Å². The van der Waals surface area contributed by atoms with Crippen LogP contribution in [-0.2, 0) is 0 Å². The van der Waals surface area contributed by atoms with Crippen LogP contribution in [0.4, 0.5) is 5.13 Å². The summed E-state index contributed by atoms with van der Waals surface area (Å²) in [5, 5.41) is 0.612. The van der Waals surface area contributed by atoms with Gasteiger partial charge in [-0.3, -0.25) is 4.98 Å². The molecule has 0 aliphatic rings. The zero-order valence-electron chi connectivity index (χ0n) is 6.96. The molecule has 0 unspecified atom stereocenters. The molecule has 12 heavy (non-hydrogen) atoms. The molecule has 0 fully saturated rings. The average Bonchev–Trinajstić information content (AvgIpc) is 2.29. The van der Waals surface area contributed by atoms with E-state index in [1.165, 1.54) is 11.3 Å². The van der Waals surface area contributed by atoms with Gasteiger partial charge in [0.25, 0.3) is 0 Å². The zero-order valence-corrected chi connectivity index (χ0v) is 7.77. The Hall–Kier alpha value is -1.16. The van der Waals surface area contributed by atoms with Gasteiger partial charge in [0.05, 0.1) is 15.9 Å². The second-order valence-electron chi connectivity index (χ2n) is 2.75. The van der Waals surface area contributed by atoms with E-state index in [4.69, 9.17) is 5.73 Å². The molecule has 0 aromatic carbocycles. The number of nitrogen functional groups attached to an aromatic ring is 1. The van der Waals surface area contributed by atoms with E-state index >= 15 is 0 Å². The monoisotopic (exact) mass is 179 g/mol. The van der Waals surface area contributed by atoms with E-state index in [9.17, 15) is 0 Å². The molecule has 0 aliphatic carbocycles. The highest BCUT2D eigenvalue weighted by Crippen LogP contribution is 2.25. The number of thiazole rings is 1. The van der Waals surface area contributed by atoms with Crippen LogP contribution >= 0.6 is 11.3 Å². The third-order valence-corrected chi connectivity index (χ3v) is 2.70. The number of rotatable bonds is 0. The summed E-state index contributed by atoms with van der Waals surface area (Å²) in [5.41, 5.74) is 8.55. The van der Waals surface area contributed by atoms with E-state index in [-0.39, 0.29) is 0 Å². The highest BCUT2D eigenvalue weighted by atomic mass is 32.1. The standard InChI is InChI=1S/C8H9N3S/c1-4-3-6-7(5(2)10-4)12-8(9)11-6/h3H,1-2H3,(H2,9,11). The summed E-state index contributed by atoms with van der Waals surface area (Å²) >= 11 is 1.49. The predicted octanol–water partition coefficient (Wildman–Crippen LogP) is 1.89. The summed E-state index contributed by atoms with van der Waals surface area (Å²) in [7, 11) is 0. The molecule has 0 aliphatic heterocycles. The fourth-order valence-corrected chi connectivity index (χ4v) is 2.01. The van der Waals surface area contributed by atoms with Gasteiger partial charge in [-0.05, 0) is 19.9 Å². The molecule has 2 rings (SSSR count). The first-order chi connectivity index (χ1) is 5.66. The van der Waals surface area contributed by atoms with Crippen molar-refractivity contribution >= 4 is 26.7 Å². The third-order valence-electron chi connectivity index (χ3n) is 1.69. The van der Waals surface area contributed by atoms with Crippen molar-refractivity contribution in [3.05, 3.63) is 17.5 Å². The Balaban J connectivity index is 2.88. The Morgan fingerprint density at radius 1 is 1.33 bits per heavy atom. The van der Waals surface area contributed by atoms with Gasteiger partial charge in [0, 0.05) is 5.69 Å². The number of aryl methyl sites for hydroxylation is 2. The minimum atomic E-state index is 0.612. The Morgan fingerprint density at radius 3 is 2.83 bits per heavy atom. The van der Waals surface area contributed by atoms with Gasteiger partial charge in [-0.25, -0.2) is 4.98 Å². The highest BCUT2D eigenvalue weighted by Gasteiger charge is 2.04. The molecule has 0 amide bonds. The van der Waals surface area contributed by atoms with Crippen molar-refractivity contribution in [2.75, 3.05) is 5.73 Å². The largest absolute Gasteiger partial charge is 0.375 e. The van der Waals surface area contributed by atoms with E-state index in [2.05, 4.69) is 9.97 Å². The summed E-state index contributed by atoms with van der Waals surface area (Å²) < 4.78 is 1.10. The maximum Gasteiger partial charge on any atom is 0.181 e. The number of hydrogen-bond donors (Lipinski definition) is 1. The van der Waals surface area contributed by atoms with Crippen LogP contribution in [0.5, 0.6) is 0 Å². The fourth-order valence-electron chi connectivity index (χ4n) is 1.25. The van der Waals surface area contributed by atoms with Crippen LogP contribution in [0, 0.1) is 13.8 Å². The lowest BCUT2D eigenvalue weighted by Gasteiger charge is -1.94. The highest BCUT2D eigenvalue weighted by molar-refractivity contribution is 7.22. The Bertz CT molecular complexity index is 433. The molecule has 2 aromatic rings. The molecule has 62 valence electrons. The molecule has 0 saturated carbocycles. The molecule has 2 aromatic heterocycles. The smallest absolute Gasteiger partial charge is 0.181 e. The number of nitrogens with zero attached hydrogens (tertiary/aromatic N) is 2. The van der Waals surface area contributed by atoms with Gasteiger partial charge in [-0.15, -0.1) is 0 Å². The normalized spacial score (nSPS) is 10.8. The molecule has 4 heteroatoms. The first kappa shape index (κ1) is 7.49. The van der Waals surface area contributed by atoms with Crippen molar-refractivity contribution < 1.29 is 0 Å². The van der Waals surface area contributed by atoms with Crippen LogP contribution in [0.1, 0.15) is 11.4 Å². The van der Waals surface area contributed by atoms with E-state index < -0.39 is 0 Å². The van der Waals surface area contributed by atoms with Crippen LogP contribution in [0.3, 0.4) is 0 Å². The van der Waals surface area contributed by atoms with Gasteiger partial charge in [-0.2, -0.15) is 0 Å². The van der Waals surface area contributed by atoms with E-state index in [1.54, 1.807) is 0 Å². The van der Waals surface area contributed by atoms with E-state index in [1.807, 2.05) is 19.9 Å². The zero-order chi connectivity index (χ0) is 8.72. The van der Waals surface area contributed by atoms with Gasteiger partial charge in [0.2, 0.25) is 0 Å². The molecule has 0 spiro atoms. The lowest BCUT2D eigenvalue weighted by Crippen LogP contribution is -1.85. The Labute approximate surface area is 74.3 Å². The van der Waals surface area contributed by atoms with Crippen molar-refractivity contribution in [3.63, 3.8) is 0 Å². The van der Waals surface area contributed by atoms with Crippen LogP contribution in [0.15, 0.2) is 6.07 Å². The summed E-state index contributed by atoms with van der Waals surface area (Å²) in [4.78, 5) is 8.52. The van der Waals surface area contributed by atoms with E-state index in [0.29, 0.717) is 5.13 Å². The second-order valence-corrected chi connectivity index (χ2v) is 3.78. The quantitative estimate of drug-likeness (QED) is 0.672. The minimum Gasteiger partial charge on any atom is -0.375 e. The topological polar surface area (TPSA) is 51.8 Å². The number of aromatic nitrogens is 2. The van der Waals surface area contributed by atoms with Crippen LogP contribution < -0.4 is 5.73 Å². The Kier molecular flexibility index (Phi) is 1.51. The van der Waals surface area contributed by atoms with Crippen molar-refractivity contribution in [2.45, 2.75) is 13.8 Å². The Morgan fingerprint density at radius 2 is 2.08 bits per heavy atom. The third kappa shape index (κ3) is 1.04. The van der Waals surface area contributed by atoms with Gasteiger partial charge in [0.15, 0.2) is 5.13 Å². The van der Waals surface area contributed by atoms with Gasteiger partial charge in [0.1, 0.15) is 0 Å². The summed E-state index contributed by atoms with van der Waals surface area (Å²) in [6.07, 6.45) is 0. The maximum atomic E-state index is 5.59. The molecule has 0 atom stereocenters. The van der Waals surface area contributed by atoms with Gasteiger partial charge < -0.3 is 5.73 Å².